The number of rotatable bonds is 8. The number of allylic oxidation sites excluding steroid dienone is 1. The van der Waals surface area contributed by atoms with Crippen molar-refractivity contribution in [2.24, 2.45) is 4.99 Å². The van der Waals surface area contributed by atoms with Crippen molar-refractivity contribution in [2.75, 3.05) is 51.4 Å². The summed E-state index contributed by atoms with van der Waals surface area (Å²) in [6.07, 6.45) is 1.69. The summed E-state index contributed by atoms with van der Waals surface area (Å²) in [6.45, 7) is 8.96. The van der Waals surface area contributed by atoms with Gasteiger partial charge in [0, 0.05) is 55.1 Å². The van der Waals surface area contributed by atoms with Crippen molar-refractivity contribution >= 4 is 34.7 Å². The largest absolute Gasteiger partial charge is 0.496 e. The maximum Gasteiger partial charge on any atom is 0.271 e. The van der Waals surface area contributed by atoms with Crippen LogP contribution in [0, 0.1) is 10.1 Å². The van der Waals surface area contributed by atoms with Gasteiger partial charge in [0.15, 0.2) is 4.80 Å². The lowest BCUT2D eigenvalue weighted by Crippen LogP contribution is -2.43. The van der Waals surface area contributed by atoms with E-state index in [0.29, 0.717) is 76.9 Å². The Morgan fingerprint density at radius 2 is 1.93 bits per heavy atom. The van der Waals surface area contributed by atoms with E-state index in [1.165, 1.54) is 23.5 Å². The van der Waals surface area contributed by atoms with Gasteiger partial charge in [-0.3, -0.25) is 24.3 Å². The lowest BCUT2D eigenvalue weighted by molar-refractivity contribution is -0.384. The van der Waals surface area contributed by atoms with Gasteiger partial charge in [0.25, 0.3) is 17.2 Å². The van der Waals surface area contributed by atoms with Crippen molar-refractivity contribution in [2.45, 2.75) is 26.8 Å². The number of nitrogens with zero attached hydrogens (tertiary/aromatic N) is 5. The van der Waals surface area contributed by atoms with Crippen molar-refractivity contribution in [3.63, 3.8) is 0 Å². The Morgan fingerprint density at radius 3 is 2.60 bits per heavy atom. The Hall–Kier alpha value is -4.29. The van der Waals surface area contributed by atoms with Gasteiger partial charge in [0.05, 0.1) is 41.0 Å². The van der Waals surface area contributed by atoms with Crippen LogP contribution in [-0.2, 0) is 9.53 Å². The number of likely N-dealkylation sites (N-methyl/N-ethyl adjacent to an activating group) is 1. The number of nitro groups is 1. The molecule has 0 saturated carbocycles. The minimum atomic E-state index is -0.767. The molecule has 0 bridgehead atoms. The summed E-state index contributed by atoms with van der Waals surface area (Å²) in [4.78, 5) is 48.3. The highest BCUT2D eigenvalue weighted by Crippen LogP contribution is 2.36. The summed E-state index contributed by atoms with van der Waals surface area (Å²) >= 11 is 1.19. The minimum Gasteiger partial charge on any atom is -0.496 e. The molecule has 1 atom stereocenters. The van der Waals surface area contributed by atoms with Crippen LogP contribution in [0.5, 0.6) is 5.75 Å². The van der Waals surface area contributed by atoms with Crippen molar-refractivity contribution in [3.8, 4) is 5.75 Å². The molecule has 12 heteroatoms. The van der Waals surface area contributed by atoms with Crippen molar-refractivity contribution < 1.29 is 19.2 Å². The lowest BCUT2D eigenvalue weighted by Gasteiger charge is -2.30. The summed E-state index contributed by atoms with van der Waals surface area (Å²) in [5.41, 5.74) is 2.53. The monoisotopic (exact) mass is 591 g/mol. The van der Waals surface area contributed by atoms with E-state index in [-0.39, 0.29) is 17.2 Å². The van der Waals surface area contributed by atoms with Gasteiger partial charge >= 0.3 is 0 Å². The molecule has 0 unspecified atom stereocenters. The maximum absolute atomic E-state index is 14.2. The normalized spacial score (nSPS) is 17.1. The number of benzene rings is 2. The first kappa shape index (κ1) is 29.2. The zero-order valence-electron chi connectivity index (χ0n) is 24.0. The predicted octanol–water partition coefficient (Wildman–Crippen LogP) is 2.86. The molecule has 0 aliphatic carbocycles. The van der Waals surface area contributed by atoms with E-state index in [9.17, 15) is 19.7 Å². The van der Waals surface area contributed by atoms with E-state index in [1.54, 1.807) is 41.7 Å². The number of nitro benzene ring substituents is 1. The first-order chi connectivity index (χ1) is 20.3. The molecule has 0 radical (unpaired) electrons. The molecule has 0 spiro atoms. The predicted molar refractivity (Wildman–Crippen MR) is 161 cm³/mol. The van der Waals surface area contributed by atoms with Crippen LogP contribution in [-0.4, -0.2) is 66.8 Å². The second-order valence-electron chi connectivity index (χ2n) is 9.90. The number of amides is 1. The number of hydrogen-bond donors (Lipinski definition) is 0. The molecule has 1 fully saturated rings. The first-order valence-corrected chi connectivity index (χ1v) is 14.7. The van der Waals surface area contributed by atoms with Gasteiger partial charge in [-0.05, 0) is 39.0 Å². The van der Waals surface area contributed by atoms with E-state index < -0.39 is 11.0 Å². The average molecular weight is 592 g/mol. The molecule has 0 N–H and O–H groups in total. The number of para-hydroxylation sites is 1. The number of carbonyl (C=O) groups excluding carboxylic acids is 1. The molecule has 3 aromatic rings. The fourth-order valence-corrected chi connectivity index (χ4v) is 6.50. The van der Waals surface area contributed by atoms with Crippen LogP contribution in [0.2, 0.25) is 0 Å². The number of morpholine rings is 1. The Morgan fingerprint density at radius 1 is 1.21 bits per heavy atom. The van der Waals surface area contributed by atoms with Crippen LogP contribution in [0.1, 0.15) is 37.9 Å². The highest BCUT2D eigenvalue weighted by atomic mass is 32.1. The topological polar surface area (TPSA) is 120 Å². The Labute approximate surface area is 246 Å². The van der Waals surface area contributed by atoms with Crippen LogP contribution >= 0.6 is 11.3 Å². The molecule has 1 amide bonds. The molecule has 2 aliphatic rings. The number of methoxy groups -OCH3 is 1. The number of aromatic nitrogens is 1. The second kappa shape index (κ2) is 12.3. The molecule has 5 rings (SSSR count). The molecule has 1 saturated heterocycles. The van der Waals surface area contributed by atoms with Gasteiger partial charge in [-0.25, -0.2) is 4.99 Å². The Kier molecular flexibility index (Phi) is 8.55. The van der Waals surface area contributed by atoms with Crippen molar-refractivity contribution in [1.29, 1.82) is 0 Å². The molecule has 2 aliphatic heterocycles. The van der Waals surface area contributed by atoms with Gasteiger partial charge in [0.2, 0.25) is 0 Å². The number of hydrogen-bond acceptors (Lipinski definition) is 9. The van der Waals surface area contributed by atoms with Crippen LogP contribution in [0.3, 0.4) is 0 Å². The molecular formula is C30H33N5O6S. The smallest absolute Gasteiger partial charge is 0.271 e. The Balaban J connectivity index is 1.75. The molecule has 3 heterocycles. The summed E-state index contributed by atoms with van der Waals surface area (Å²) in [7, 11) is 1.56. The van der Waals surface area contributed by atoms with Gasteiger partial charge in [-0.1, -0.05) is 29.5 Å². The van der Waals surface area contributed by atoms with E-state index >= 15 is 0 Å². The summed E-state index contributed by atoms with van der Waals surface area (Å²) in [6, 6.07) is 11.3. The van der Waals surface area contributed by atoms with Crippen LogP contribution < -0.4 is 24.5 Å². The van der Waals surface area contributed by atoms with E-state index in [2.05, 4.69) is 4.90 Å². The number of anilines is 1. The maximum atomic E-state index is 14.2. The number of thiazole rings is 1. The third kappa shape index (κ3) is 5.35. The summed E-state index contributed by atoms with van der Waals surface area (Å²) < 4.78 is 13.1. The highest BCUT2D eigenvalue weighted by molar-refractivity contribution is 7.07. The summed E-state index contributed by atoms with van der Waals surface area (Å²) in [5.74, 6) is 0.352. The van der Waals surface area contributed by atoms with E-state index in [1.807, 2.05) is 32.0 Å². The molecule has 11 nitrogen and oxygen atoms in total. The molecule has 220 valence electrons. The zero-order valence-corrected chi connectivity index (χ0v) is 24.8. The van der Waals surface area contributed by atoms with Crippen LogP contribution in [0.15, 0.2) is 63.5 Å². The second-order valence-corrected chi connectivity index (χ2v) is 10.9. The minimum absolute atomic E-state index is 0.0686. The fraction of sp³-hybridized carbons (Fsp3) is 0.367. The number of carbonyl (C=O) groups is 1. The van der Waals surface area contributed by atoms with E-state index in [4.69, 9.17) is 14.5 Å². The Bertz CT molecular complexity index is 1730. The van der Waals surface area contributed by atoms with Gasteiger partial charge < -0.3 is 19.3 Å². The standard InChI is InChI=1S/C30H33N5O6S/c1-5-32(6-2)29(37)26-19(3)31-30-34(27(26)22-9-7-8-10-24(22)40-4)28(36)25(42-30)18-20-17-21(35(38)39)11-12-23(20)33-13-15-41-16-14-33/h7-12,17-18,27H,5-6,13-16H2,1-4H3/b25-18+/t27-/m0/s1. The fourth-order valence-electron chi connectivity index (χ4n) is 5.47. The number of non-ortho nitro benzene ring substituents is 1. The third-order valence-electron chi connectivity index (χ3n) is 7.60. The van der Waals surface area contributed by atoms with Crippen LogP contribution in [0.25, 0.3) is 6.08 Å². The zero-order chi connectivity index (χ0) is 30.0. The summed E-state index contributed by atoms with van der Waals surface area (Å²) in [5, 5.41) is 11.6. The van der Waals surface area contributed by atoms with Crippen LogP contribution in [0.4, 0.5) is 11.4 Å². The van der Waals surface area contributed by atoms with Crippen molar-refractivity contribution in [3.05, 3.63) is 94.7 Å². The average Bonchev–Trinajstić information content (AvgIpc) is 3.31. The number of fused-ring (bicyclic) bond motifs is 1. The molecule has 1 aromatic heterocycles. The van der Waals surface area contributed by atoms with Crippen molar-refractivity contribution in [1.82, 2.24) is 9.47 Å². The van der Waals surface area contributed by atoms with Gasteiger partial charge in [0.1, 0.15) is 11.8 Å². The molecule has 2 aromatic carbocycles. The molecule has 42 heavy (non-hydrogen) atoms. The number of ether oxygens (including phenoxy) is 2. The lowest BCUT2D eigenvalue weighted by atomic mass is 9.94. The van der Waals surface area contributed by atoms with E-state index in [0.717, 1.165) is 5.69 Å². The molecular weight excluding hydrogens is 558 g/mol. The third-order valence-corrected chi connectivity index (χ3v) is 8.58. The highest BCUT2D eigenvalue weighted by Gasteiger charge is 2.35. The first-order valence-electron chi connectivity index (χ1n) is 13.8. The van der Waals surface area contributed by atoms with Gasteiger partial charge in [-0.15, -0.1) is 0 Å². The van der Waals surface area contributed by atoms with Gasteiger partial charge in [-0.2, -0.15) is 0 Å². The SMILES string of the molecule is CCN(CC)C(=O)C1=C(C)N=c2s/c(=C/c3cc([N+](=O)[O-])ccc3N3CCOCC3)c(=O)n2[C@H]1c1ccccc1OC. The quantitative estimate of drug-likeness (QED) is 0.292.